The monoisotopic (exact) mass is 305 g/mol. The van der Waals surface area contributed by atoms with Gasteiger partial charge in [-0.2, -0.15) is 0 Å². The van der Waals surface area contributed by atoms with E-state index in [1.165, 1.54) is 0 Å². The van der Waals surface area contributed by atoms with Gasteiger partial charge in [-0.3, -0.25) is 9.59 Å². The summed E-state index contributed by atoms with van der Waals surface area (Å²) in [5.41, 5.74) is 0.607. The minimum atomic E-state index is -0.744. The molecular weight excluding hydrogens is 286 g/mol. The lowest BCUT2D eigenvalue weighted by molar-refractivity contribution is -0.143. The van der Waals surface area contributed by atoms with Crippen LogP contribution in [0.2, 0.25) is 0 Å². The maximum absolute atomic E-state index is 12.3. The van der Waals surface area contributed by atoms with Crippen molar-refractivity contribution in [1.82, 2.24) is 4.90 Å². The van der Waals surface area contributed by atoms with Crippen LogP contribution in [0.4, 0.5) is 0 Å². The number of carboxylic acid groups (broad SMARTS) is 1. The van der Waals surface area contributed by atoms with E-state index in [2.05, 4.69) is 4.90 Å². The molecule has 118 valence electrons. The summed E-state index contributed by atoms with van der Waals surface area (Å²) >= 11 is 0. The van der Waals surface area contributed by atoms with Gasteiger partial charge in [-0.25, -0.2) is 0 Å². The molecule has 0 aliphatic carbocycles. The molecule has 1 atom stereocenters. The van der Waals surface area contributed by atoms with Crippen LogP contribution in [0.3, 0.4) is 0 Å². The molecule has 1 unspecified atom stereocenters. The molecule has 0 aromatic heterocycles. The van der Waals surface area contributed by atoms with Crippen molar-refractivity contribution in [3.63, 3.8) is 0 Å². The number of benzene rings is 1. The van der Waals surface area contributed by atoms with Gasteiger partial charge in [-0.1, -0.05) is 0 Å². The fourth-order valence-electron chi connectivity index (χ4n) is 2.93. The molecule has 1 aromatic rings. The third-order valence-electron chi connectivity index (χ3n) is 4.20. The predicted octanol–water partition coefficient (Wildman–Crippen LogP) is 1.78. The van der Waals surface area contributed by atoms with Gasteiger partial charge in [0.05, 0.1) is 5.92 Å². The van der Waals surface area contributed by atoms with E-state index in [-0.39, 0.29) is 18.5 Å². The molecule has 1 N–H and O–H groups in total. The van der Waals surface area contributed by atoms with Gasteiger partial charge in [-0.15, -0.1) is 0 Å². The van der Waals surface area contributed by atoms with Crippen LogP contribution in [-0.2, 0) is 4.79 Å². The number of carbonyl (C=O) groups excluding carboxylic acids is 1. The lowest BCUT2D eigenvalue weighted by Crippen LogP contribution is -2.39. The summed E-state index contributed by atoms with van der Waals surface area (Å²) in [5.74, 6) is 0.253. The minimum absolute atomic E-state index is 0.0377. The molecule has 1 saturated heterocycles. The molecule has 3 rings (SSSR count). The van der Waals surface area contributed by atoms with Crippen molar-refractivity contribution in [3.8, 4) is 11.5 Å². The Morgan fingerprint density at radius 3 is 2.91 bits per heavy atom. The molecular formula is C16H19NO5. The van der Waals surface area contributed by atoms with Crippen molar-refractivity contribution in [1.29, 1.82) is 0 Å². The number of likely N-dealkylation sites (tertiary alicyclic amines) is 1. The molecule has 0 saturated carbocycles. The quantitative estimate of drug-likeness (QED) is 0.836. The van der Waals surface area contributed by atoms with E-state index < -0.39 is 5.97 Å². The van der Waals surface area contributed by atoms with Gasteiger partial charge >= 0.3 is 5.97 Å². The first-order valence-corrected chi connectivity index (χ1v) is 7.51. The van der Waals surface area contributed by atoms with Crippen LogP contribution < -0.4 is 9.47 Å². The number of piperidine rings is 1. The third-order valence-corrected chi connectivity index (χ3v) is 4.20. The summed E-state index contributed by atoms with van der Waals surface area (Å²) in [5, 5.41) is 9.08. The Bertz CT molecular complexity index is 586. The van der Waals surface area contributed by atoms with Gasteiger partial charge in [0.2, 0.25) is 6.79 Å². The maximum atomic E-state index is 12.3. The number of Topliss-reactive ketones (excluding diaryl/α,β-unsaturated/α-hetero) is 1. The Hall–Kier alpha value is -2.08. The van der Waals surface area contributed by atoms with Crippen LogP contribution >= 0.6 is 0 Å². The van der Waals surface area contributed by atoms with E-state index >= 15 is 0 Å². The Balaban J connectivity index is 1.55. The maximum Gasteiger partial charge on any atom is 0.307 e. The Kier molecular flexibility index (Phi) is 4.29. The van der Waals surface area contributed by atoms with Crippen LogP contribution in [0.1, 0.15) is 29.6 Å². The van der Waals surface area contributed by atoms with Crippen molar-refractivity contribution in [3.05, 3.63) is 23.8 Å². The van der Waals surface area contributed by atoms with Crippen molar-refractivity contribution in [2.24, 2.45) is 5.92 Å². The zero-order valence-corrected chi connectivity index (χ0v) is 12.3. The van der Waals surface area contributed by atoms with Crippen LogP contribution in [0.25, 0.3) is 0 Å². The number of ether oxygens (including phenoxy) is 2. The number of aliphatic carboxylic acids is 1. The lowest BCUT2D eigenvalue weighted by atomic mass is 9.98. The molecule has 6 nitrogen and oxygen atoms in total. The number of hydrogen-bond acceptors (Lipinski definition) is 5. The molecule has 1 fully saturated rings. The predicted molar refractivity (Wildman–Crippen MR) is 78.3 cm³/mol. The molecule has 0 amide bonds. The molecule has 0 spiro atoms. The summed E-state index contributed by atoms with van der Waals surface area (Å²) < 4.78 is 10.5. The second kappa shape index (κ2) is 6.36. The van der Waals surface area contributed by atoms with Crippen molar-refractivity contribution >= 4 is 11.8 Å². The van der Waals surface area contributed by atoms with E-state index in [1.54, 1.807) is 18.2 Å². The highest BCUT2D eigenvalue weighted by atomic mass is 16.7. The summed E-state index contributed by atoms with van der Waals surface area (Å²) in [7, 11) is 0. The number of carboxylic acids is 1. The highest BCUT2D eigenvalue weighted by Gasteiger charge is 2.25. The molecule has 2 aliphatic heterocycles. The summed E-state index contributed by atoms with van der Waals surface area (Å²) in [6, 6.07) is 5.20. The Morgan fingerprint density at radius 2 is 2.09 bits per heavy atom. The molecule has 1 aromatic carbocycles. The fraction of sp³-hybridized carbons (Fsp3) is 0.500. The first-order valence-electron chi connectivity index (χ1n) is 7.51. The van der Waals surface area contributed by atoms with Gasteiger partial charge in [0, 0.05) is 25.1 Å². The Labute approximate surface area is 128 Å². The first kappa shape index (κ1) is 14.8. The standard InChI is InChI=1S/C16H19NO5/c18-13(11-3-4-14-15(8-11)22-10-21-14)5-7-17-6-1-2-12(9-17)16(19)20/h3-4,8,12H,1-2,5-7,9-10H2,(H,19,20). The van der Waals surface area contributed by atoms with Crippen LogP contribution in [-0.4, -0.2) is 48.2 Å². The smallest absolute Gasteiger partial charge is 0.307 e. The van der Waals surface area contributed by atoms with Crippen LogP contribution in [0.15, 0.2) is 18.2 Å². The number of nitrogens with zero attached hydrogens (tertiary/aromatic N) is 1. The molecule has 6 heteroatoms. The highest BCUT2D eigenvalue weighted by molar-refractivity contribution is 5.96. The van der Waals surface area contributed by atoms with E-state index in [0.29, 0.717) is 36.6 Å². The second-order valence-electron chi connectivity index (χ2n) is 5.72. The van der Waals surface area contributed by atoms with E-state index in [9.17, 15) is 9.59 Å². The zero-order valence-electron chi connectivity index (χ0n) is 12.3. The number of rotatable bonds is 5. The van der Waals surface area contributed by atoms with Crippen LogP contribution in [0.5, 0.6) is 11.5 Å². The molecule has 0 bridgehead atoms. The summed E-state index contributed by atoms with van der Waals surface area (Å²) in [4.78, 5) is 25.4. The Morgan fingerprint density at radius 1 is 1.27 bits per heavy atom. The van der Waals surface area contributed by atoms with Crippen molar-refractivity contribution < 1.29 is 24.2 Å². The number of fused-ring (bicyclic) bond motifs is 1. The minimum Gasteiger partial charge on any atom is -0.481 e. The lowest BCUT2D eigenvalue weighted by Gasteiger charge is -2.30. The highest BCUT2D eigenvalue weighted by Crippen LogP contribution is 2.32. The van der Waals surface area contributed by atoms with Gasteiger partial charge in [-0.05, 0) is 37.6 Å². The van der Waals surface area contributed by atoms with Crippen molar-refractivity contribution in [2.45, 2.75) is 19.3 Å². The molecule has 2 aliphatic rings. The molecule has 2 heterocycles. The SMILES string of the molecule is O=C(CCN1CCCC(C(=O)O)C1)c1ccc2c(c1)OCO2. The average molecular weight is 305 g/mol. The van der Waals surface area contributed by atoms with Gasteiger partial charge in [0.15, 0.2) is 17.3 Å². The topological polar surface area (TPSA) is 76.1 Å². The third kappa shape index (κ3) is 3.22. The van der Waals surface area contributed by atoms with E-state index in [1.807, 2.05) is 0 Å². The van der Waals surface area contributed by atoms with Crippen LogP contribution in [0, 0.1) is 5.92 Å². The van der Waals surface area contributed by atoms with E-state index in [0.717, 1.165) is 19.4 Å². The zero-order chi connectivity index (χ0) is 15.5. The van der Waals surface area contributed by atoms with E-state index in [4.69, 9.17) is 14.6 Å². The molecule has 22 heavy (non-hydrogen) atoms. The summed E-state index contributed by atoms with van der Waals surface area (Å²) in [6.45, 7) is 2.18. The van der Waals surface area contributed by atoms with Gasteiger partial charge in [0.1, 0.15) is 0 Å². The van der Waals surface area contributed by atoms with Gasteiger partial charge in [0.25, 0.3) is 0 Å². The molecule has 0 radical (unpaired) electrons. The second-order valence-corrected chi connectivity index (χ2v) is 5.72. The fourth-order valence-corrected chi connectivity index (χ4v) is 2.93. The number of hydrogen-bond donors (Lipinski definition) is 1. The summed E-state index contributed by atoms with van der Waals surface area (Å²) in [6.07, 6.45) is 1.98. The van der Waals surface area contributed by atoms with Crippen molar-refractivity contribution in [2.75, 3.05) is 26.4 Å². The first-order chi connectivity index (χ1) is 10.6. The largest absolute Gasteiger partial charge is 0.481 e. The number of ketones is 1. The normalized spacial score (nSPS) is 20.8. The average Bonchev–Trinajstić information content (AvgIpc) is 3.00. The van der Waals surface area contributed by atoms with Gasteiger partial charge < -0.3 is 19.5 Å². The number of carbonyl (C=O) groups is 2.